The predicted molar refractivity (Wildman–Crippen MR) is 88.7 cm³/mol. The molecule has 1 atom stereocenters. The lowest BCUT2D eigenvalue weighted by molar-refractivity contribution is 0.298. The average Bonchev–Trinajstić information content (AvgIpc) is 2.35. The van der Waals surface area contributed by atoms with Gasteiger partial charge in [-0.15, -0.1) is 24.0 Å². The zero-order valence-electron chi connectivity index (χ0n) is 11.5. The van der Waals surface area contributed by atoms with E-state index in [1.54, 1.807) is 7.05 Å². The molecular weight excluding hydrogens is 339 g/mol. The molecule has 0 radical (unpaired) electrons. The Morgan fingerprint density at radius 2 is 1.89 bits per heavy atom. The van der Waals surface area contributed by atoms with Crippen LogP contribution in [0, 0.1) is 0 Å². The summed E-state index contributed by atoms with van der Waals surface area (Å²) in [5.74, 6) is 0.813. The standard InChI is InChI=1S/C13H22N4.HI/c1-14-13(15-2)16-10-12(17(3)4)11-8-6-5-7-9-11;/h5-9,12H,10H2,1-4H3,(H2,14,15,16);1H. The number of rotatable bonds is 4. The maximum absolute atomic E-state index is 4.11. The van der Waals surface area contributed by atoms with Gasteiger partial charge in [0, 0.05) is 20.6 Å². The highest BCUT2D eigenvalue weighted by atomic mass is 127. The molecule has 1 aromatic carbocycles. The Morgan fingerprint density at radius 3 is 2.33 bits per heavy atom. The van der Waals surface area contributed by atoms with E-state index >= 15 is 0 Å². The molecule has 18 heavy (non-hydrogen) atoms. The molecule has 2 N–H and O–H groups in total. The Kier molecular flexibility index (Phi) is 8.74. The molecule has 0 spiro atoms. The van der Waals surface area contributed by atoms with Gasteiger partial charge in [0.1, 0.15) is 0 Å². The Bertz CT molecular complexity index is 351. The molecular formula is C13H23IN4. The van der Waals surface area contributed by atoms with Crippen LogP contribution < -0.4 is 10.6 Å². The number of hydrogen-bond acceptors (Lipinski definition) is 2. The first-order chi connectivity index (χ1) is 8.19. The molecule has 0 saturated carbocycles. The molecule has 0 fully saturated rings. The summed E-state index contributed by atoms with van der Waals surface area (Å²) in [4.78, 5) is 6.31. The zero-order valence-corrected chi connectivity index (χ0v) is 13.8. The topological polar surface area (TPSA) is 39.7 Å². The van der Waals surface area contributed by atoms with Gasteiger partial charge >= 0.3 is 0 Å². The number of halogens is 1. The van der Waals surface area contributed by atoms with Crippen molar-refractivity contribution in [3.8, 4) is 0 Å². The van der Waals surface area contributed by atoms with Crippen LogP contribution in [0.4, 0.5) is 0 Å². The van der Waals surface area contributed by atoms with Gasteiger partial charge in [0.25, 0.3) is 0 Å². The third-order valence-electron chi connectivity index (χ3n) is 2.73. The average molecular weight is 362 g/mol. The van der Waals surface area contributed by atoms with Gasteiger partial charge < -0.3 is 15.5 Å². The third-order valence-corrected chi connectivity index (χ3v) is 2.73. The number of aliphatic imine (C=N–C) groups is 1. The van der Waals surface area contributed by atoms with Crippen molar-refractivity contribution >= 4 is 29.9 Å². The summed E-state index contributed by atoms with van der Waals surface area (Å²) in [6.45, 7) is 0.824. The zero-order chi connectivity index (χ0) is 12.7. The van der Waals surface area contributed by atoms with Crippen LogP contribution >= 0.6 is 24.0 Å². The second-order valence-corrected chi connectivity index (χ2v) is 4.09. The van der Waals surface area contributed by atoms with Crippen molar-refractivity contribution in [1.82, 2.24) is 15.5 Å². The van der Waals surface area contributed by atoms with Gasteiger partial charge in [-0.2, -0.15) is 0 Å². The molecule has 0 aliphatic carbocycles. The Hall–Kier alpha value is -0.820. The van der Waals surface area contributed by atoms with Crippen molar-refractivity contribution in [2.75, 3.05) is 34.7 Å². The molecule has 0 amide bonds. The molecule has 4 nitrogen and oxygen atoms in total. The van der Waals surface area contributed by atoms with Crippen molar-refractivity contribution in [1.29, 1.82) is 0 Å². The largest absolute Gasteiger partial charge is 0.359 e. The van der Waals surface area contributed by atoms with E-state index in [0.717, 1.165) is 12.5 Å². The van der Waals surface area contributed by atoms with Crippen LogP contribution in [-0.2, 0) is 0 Å². The molecule has 0 heterocycles. The Balaban J connectivity index is 0.00000289. The van der Waals surface area contributed by atoms with Crippen LogP contribution in [0.15, 0.2) is 35.3 Å². The van der Waals surface area contributed by atoms with Crippen molar-refractivity contribution in [3.05, 3.63) is 35.9 Å². The summed E-state index contributed by atoms with van der Waals surface area (Å²) in [5, 5.41) is 6.31. The molecule has 1 rings (SSSR count). The van der Waals surface area contributed by atoms with E-state index in [1.165, 1.54) is 5.56 Å². The second kappa shape index (κ2) is 9.16. The van der Waals surface area contributed by atoms with Crippen LogP contribution in [-0.4, -0.2) is 45.6 Å². The molecule has 5 heteroatoms. The number of benzene rings is 1. The molecule has 1 unspecified atom stereocenters. The maximum Gasteiger partial charge on any atom is 0.190 e. The van der Waals surface area contributed by atoms with Gasteiger partial charge in [0.15, 0.2) is 5.96 Å². The fraction of sp³-hybridized carbons (Fsp3) is 0.462. The van der Waals surface area contributed by atoms with Gasteiger partial charge in [-0.1, -0.05) is 30.3 Å². The highest BCUT2D eigenvalue weighted by molar-refractivity contribution is 14.0. The Labute approximate surface area is 127 Å². The maximum atomic E-state index is 4.11. The van der Waals surface area contributed by atoms with Crippen LogP contribution in [0.25, 0.3) is 0 Å². The highest BCUT2D eigenvalue weighted by Crippen LogP contribution is 2.16. The molecule has 102 valence electrons. The lowest BCUT2D eigenvalue weighted by Gasteiger charge is -2.25. The minimum Gasteiger partial charge on any atom is -0.359 e. The van der Waals surface area contributed by atoms with Crippen LogP contribution in [0.1, 0.15) is 11.6 Å². The fourth-order valence-electron chi connectivity index (χ4n) is 1.75. The summed E-state index contributed by atoms with van der Waals surface area (Å²) in [5.41, 5.74) is 1.30. The van der Waals surface area contributed by atoms with E-state index < -0.39 is 0 Å². The first-order valence-electron chi connectivity index (χ1n) is 5.78. The lowest BCUT2D eigenvalue weighted by Crippen LogP contribution is -2.40. The summed E-state index contributed by atoms with van der Waals surface area (Å²) < 4.78 is 0. The first kappa shape index (κ1) is 17.2. The molecule has 0 aliphatic heterocycles. The number of nitrogens with zero attached hydrogens (tertiary/aromatic N) is 2. The van der Waals surface area contributed by atoms with E-state index in [9.17, 15) is 0 Å². The smallest absolute Gasteiger partial charge is 0.190 e. The number of nitrogens with one attached hydrogen (secondary N) is 2. The summed E-state index contributed by atoms with van der Waals surface area (Å²) in [7, 11) is 7.80. The monoisotopic (exact) mass is 362 g/mol. The van der Waals surface area contributed by atoms with E-state index in [0.29, 0.717) is 6.04 Å². The minimum atomic E-state index is 0. The van der Waals surface area contributed by atoms with E-state index in [2.05, 4.69) is 58.9 Å². The predicted octanol–water partition coefficient (Wildman–Crippen LogP) is 1.70. The van der Waals surface area contributed by atoms with Gasteiger partial charge in [-0.3, -0.25) is 4.99 Å². The van der Waals surface area contributed by atoms with Crippen molar-refractivity contribution in [3.63, 3.8) is 0 Å². The summed E-state index contributed by atoms with van der Waals surface area (Å²) in [6.07, 6.45) is 0. The van der Waals surface area contributed by atoms with Crippen molar-refractivity contribution in [2.45, 2.75) is 6.04 Å². The molecule has 0 aromatic heterocycles. The van der Waals surface area contributed by atoms with Gasteiger partial charge in [0.2, 0.25) is 0 Å². The number of guanidine groups is 1. The molecule has 0 bridgehead atoms. The van der Waals surface area contributed by atoms with Crippen molar-refractivity contribution in [2.24, 2.45) is 4.99 Å². The van der Waals surface area contributed by atoms with Gasteiger partial charge in [-0.25, -0.2) is 0 Å². The lowest BCUT2D eigenvalue weighted by atomic mass is 10.1. The summed E-state index contributed by atoms with van der Waals surface area (Å²) in [6, 6.07) is 10.8. The summed E-state index contributed by atoms with van der Waals surface area (Å²) >= 11 is 0. The highest BCUT2D eigenvalue weighted by Gasteiger charge is 2.13. The molecule has 0 aliphatic rings. The molecule has 0 saturated heterocycles. The van der Waals surface area contributed by atoms with E-state index in [4.69, 9.17) is 0 Å². The number of hydrogen-bond donors (Lipinski definition) is 2. The third kappa shape index (κ3) is 5.22. The van der Waals surface area contributed by atoms with Crippen molar-refractivity contribution < 1.29 is 0 Å². The quantitative estimate of drug-likeness (QED) is 0.487. The first-order valence-corrected chi connectivity index (χ1v) is 5.78. The normalized spacial score (nSPS) is 12.8. The van der Waals surface area contributed by atoms with E-state index in [-0.39, 0.29) is 24.0 Å². The Morgan fingerprint density at radius 1 is 1.28 bits per heavy atom. The minimum absolute atomic E-state index is 0. The molecule has 1 aromatic rings. The van der Waals surface area contributed by atoms with Crippen LogP contribution in [0.3, 0.4) is 0 Å². The number of likely N-dealkylation sites (N-methyl/N-ethyl adjacent to an activating group) is 1. The van der Waals surface area contributed by atoms with Gasteiger partial charge in [-0.05, 0) is 19.7 Å². The fourth-order valence-corrected chi connectivity index (χ4v) is 1.75. The van der Waals surface area contributed by atoms with Gasteiger partial charge in [0.05, 0.1) is 6.04 Å². The van der Waals surface area contributed by atoms with Crippen LogP contribution in [0.5, 0.6) is 0 Å². The SMILES string of the molecule is CN=C(NC)NCC(c1ccccc1)N(C)C.I. The van der Waals surface area contributed by atoms with Crippen LogP contribution in [0.2, 0.25) is 0 Å². The van der Waals surface area contributed by atoms with E-state index in [1.807, 2.05) is 13.1 Å². The second-order valence-electron chi connectivity index (χ2n) is 4.09.